The van der Waals surface area contributed by atoms with Crippen LogP contribution in [0.4, 0.5) is 17.1 Å². The Labute approximate surface area is 329 Å². The van der Waals surface area contributed by atoms with E-state index in [0.29, 0.717) is 5.69 Å². The fourth-order valence-corrected chi connectivity index (χ4v) is 11.2. The molecule has 0 amide bonds. The third kappa shape index (κ3) is 4.32. The van der Waals surface area contributed by atoms with Gasteiger partial charge in [-0.3, -0.25) is 0 Å². The van der Waals surface area contributed by atoms with Crippen molar-refractivity contribution < 1.29 is 0 Å². The molecule has 0 radical (unpaired) electrons. The molecular weight excluding hydrogens is 677 g/mol. The first-order valence-electron chi connectivity index (χ1n) is 20.1. The summed E-state index contributed by atoms with van der Waals surface area (Å²) in [5.74, 6) is 0. The molecule has 2 nitrogen and oxygen atoms in total. The van der Waals surface area contributed by atoms with Crippen LogP contribution in [0.25, 0.3) is 48.6 Å². The van der Waals surface area contributed by atoms with Crippen LogP contribution in [0.15, 0.2) is 170 Å². The molecule has 11 rings (SSSR count). The third-order valence-electron chi connectivity index (χ3n) is 14.1. The summed E-state index contributed by atoms with van der Waals surface area (Å²) in [5, 5.41) is 5.16. The molecule has 1 saturated carbocycles. The van der Waals surface area contributed by atoms with Gasteiger partial charge in [-0.2, -0.15) is 0 Å². The van der Waals surface area contributed by atoms with Gasteiger partial charge in [0.1, 0.15) is 0 Å². The predicted octanol–water partition coefficient (Wildman–Crippen LogP) is 14.3. The zero-order chi connectivity index (χ0) is 37.6. The number of hydrogen-bond acceptors (Lipinski definition) is 1. The molecule has 2 aliphatic carbocycles. The van der Waals surface area contributed by atoms with Crippen LogP contribution in [-0.2, 0) is 10.8 Å². The van der Waals surface area contributed by atoms with Crippen molar-refractivity contribution in [3.8, 4) is 22.3 Å². The van der Waals surface area contributed by atoms with Crippen molar-refractivity contribution in [2.45, 2.75) is 55.9 Å². The molecule has 0 bridgehead atoms. The van der Waals surface area contributed by atoms with E-state index in [9.17, 15) is 0 Å². The third-order valence-corrected chi connectivity index (χ3v) is 14.1. The second-order valence-corrected chi connectivity index (χ2v) is 16.6. The number of fused-ring (bicyclic) bond motifs is 10. The highest BCUT2D eigenvalue weighted by Gasteiger charge is 2.57. The van der Waals surface area contributed by atoms with Gasteiger partial charge in [-0.25, -0.2) is 4.85 Å². The molecule has 2 unspecified atom stereocenters. The highest BCUT2D eigenvalue weighted by molar-refractivity contribution is 6.14. The molecule has 2 atom stereocenters. The second kappa shape index (κ2) is 12.0. The van der Waals surface area contributed by atoms with E-state index in [2.05, 4.69) is 181 Å². The summed E-state index contributed by atoms with van der Waals surface area (Å²) in [6.07, 6.45) is 4.75. The Hall–Kier alpha value is -6.43. The molecule has 0 spiro atoms. The summed E-state index contributed by atoms with van der Waals surface area (Å²) >= 11 is 0. The number of nitrogens with zero attached hydrogens (tertiary/aromatic N) is 2. The average molecular weight is 719 g/mol. The van der Waals surface area contributed by atoms with Gasteiger partial charge in [0.05, 0.1) is 17.5 Å². The van der Waals surface area contributed by atoms with Crippen LogP contribution < -0.4 is 4.90 Å². The first-order valence-corrected chi connectivity index (χ1v) is 20.1. The summed E-state index contributed by atoms with van der Waals surface area (Å²) in [4.78, 5) is 6.29. The molecule has 8 aromatic carbocycles. The second-order valence-electron chi connectivity index (χ2n) is 16.6. The van der Waals surface area contributed by atoms with E-state index in [1.165, 1.54) is 95.8 Å². The number of hydrogen-bond donors (Lipinski definition) is 0. The Kier molecular flexibility index (Phi) is 7.08. The highest BCUT2D eigenvalue weighted by Crippen LogP contribution is 2.62. The summed E-state index contributed by atoms with van der Waals surface area (Å²) in [6.45, 7) is 12.5. The van der Waals surface area contributed by atoms with Gasteiger partial charge >= 0.3 is 0 Å². The van der Waals surface area contributed by atoms with Gasteiger partial charge in [-0.15, -0.1) is 0 Å². The van der Waals surface area contributed by atoms with E-state index in [1.807, 2.05) is 12.1 Å². The van der Waals surface area contributed by atoms with E-state index in [0.717, 1.165) is 12.8 Å². The van der Waals surface area contributed by atoms with Gasteiger partial charge in [-0.1, -0.05) is 159 Å². The zero-order valence-electron chi connectivity index (χ0n) is 31.9. The fourth-order valence-electron chi connectivity index (χ4n) is 11.2. The van der Waals surface area contributed by atoms with E-state index in [-0.39, 0.29) is 11.0 Å². The lowest BCUT2D eigenvalue weighted by molar-refractivity contribution is 0.195. The quantitative estimate of drug-likeness (QED) is 0.130. The van der Waals surface area contributed by atoms with Gasteiger partial charge in [0.25, 0.3) is 0 Å². The Morgan fingerprint density at radius 2 is 1.18 bits per heavy atom. The van der Waals surface area contributed by atoms with E-state index >= 15 is 0 Å². The smallest absolute Gasteiger partial charge is 0.187 e. The predicted molar refractivity (Wildman–Crippen MR) is 233 cm³/mol. The normalized spacial score (nSPS) is 20.3. The molecule has 1 aliphatic heterocycles. The van der Waals surface area contributed by atoms with Crippen molar-refractivity contribution >= 4 is 38.6 Å². The molecule has 0 saturated heterocycles. The van der Waals surface area contributed by atoms with E-state index in [4.69, 9.17) is 6.57 Å². The fraction of sp³-hybridized carbons (Fsp3) is 0.167. The number of rotatable bonds is 4. The van der Waals surface area contributed by atoms with Gasteiger partial charge < -0.3 is 4.90 Å². The van der Waals surface area contributed by atoms with Gasteiger partial charge in [0.15, 0.2) is 5.69 Å². The van der Waals surface area contributed by atoms with Crippen molar-refractivity contribution in [3.63, 3.8) is 0 Å². The van der Waals surface area contributed by atoms with E-state index < -0.39 is 5.41 Å². The van der Waals surface area contributed by atoms with Gasteiger partial charge in [0.2, 0.25) is 0 Å². The Bertz CT molecular complexity index is 2860. The molecule has 56 heavy (non-hydrogen) atoms. The Morgan fingerprint density at radius 1 is 0.536 bits per heavy atom. The molecule has 1 heterocycles. The van der Waals surface area contributed by atoms with Gasteiger partial charge in [-0.05, 0) is 122 Å². The maximum atomic E-state index is 7.54. The largest absolute Gasteiger partial charge is 0.335 e. The number of anilines is 2. The van der Waals surface area contributed by atoms with E-state index in [1.54, 1.807) is 0 Å². The van der Waals surface area contributed by atoms with Crippen LogP contribution in [0.1, 0.15) is 67.3 Å². The van der Waals surface area contributed by atoms with Crippen LogP contribution in [0.2, 0.25) is 0 Å². The summed E-state index contributed by atoms with van der Waals surface area (Å²) in [7, 11) is 0. The number of benzene rings is 8. The molecule has 0 N–H and O–H groups in total. The SMILES string of the molecule is [C-]#[N+]c1ccc(N2c3ccc(-c4ccc5c(c4)C(c4ccccc4)(c4ccccc4)c4ccc6c(ccc7ccccc76)c4-5)cc3C3(C)CCCCC23C)cc1. The maximum absolute atomic E-state index is 7.54. The van der Waals surface area contributed by atoms with Crippen LogP contribution >= 0.6 is 0 Å². The summed E-state index contributed by atoms with van der Waals surface area (Å²) in [5.41, 5.74) is 14.4. The topological polar surface area (TPSA) is 7.60 Å². The monoisotopic (exact) mass is 718 g/mol. The summed E-state index contributed by atoms with van der Waals surface area (Å²) < 4.78 is 0. The van der Waals surface area contributed by atoms with Crippen LogP contribution in [0.5, 0.6) is 0 Å². The lowest BCUT2D eigenvalue weighted by Crippen LogP contribution is -2.54. The average Bonchev–Trinajstić information content (AvgIpc) is 3.67. The molecule has 1 fully saturated rings. The lowest BCUT2D eigenvalue weighted by atomic mass is 9.61. The van der Waals surface area contributed by atoms with Crippen molar-refractivity contribution in [1.82, 2.24) is 0 Å². The maximum Gasteiger partial charge on any atom is 0.187 e. The molecule has 8 aromatic rings. The molecule has 268 valence electrons. The van der Waals surface area contributed by atoms with Crippen molar-refractivity contribution in [3.05, 3.63) is 209 Å². The minimum atomic E-state index is -0.498. The Balaban J connectivity index is 1.16. The van der Waals surface area contributed by atoms with Gasteiger partial charge in [0, 0.05) is 16.8 Å². The van der Waals surface area contributed by atoms with Crippen molar-refractivity contribution in [2.75, 3.05) is 4.90 Å². The molecule has 2 heteroatoms. The summed E-state index contributed by atoms with van der Waals surface area (Å²) in [6, 6.07) is 63.3. The minimum absolute atomic E-state index is 0.0123. The first kappa shape index (κ1) is 33.0. The van der Waals surface area contributed by atoms with Crippen LogP contribution in [-0.4, -0.2) is 5.54 Å². The first-order chi connectivity index (χ1) is 27.5. The standard InChI is InChI=1S/C54H42N2/c1-52-32-12-13-33-53(52,2)56(42-25-23-41(55-3)24-26-42)50-31-22-38(35-49(50)52)37-21-28-46-48(34-37)54(39-15-6-4-7-16-39,40-17-8-5-9-18-40)47-30-29-44-43-19-11-10-14-36(43)20-27-45(44)51(46)47/h4-11,14-31,34-35H,12-13,32-33H2,1-2H3. The minimum Gasteiger partial charge on any atom is -0.335 e. The Morgan fingerprint density at radius 3 is 1.91 bits per heavy atom. The van der Waals surface area contributed by atoms with Crippen LogP contribution in [0.3, 0.4) is 0 Å². The van der Waals surface area contributed by atoms with Crippen LogP contribution in [0, 0.1) is 6.57 Å². The van der Waals surface area contributed by atoms with Crippen molar-refractivity contribution in [2.24, 2.45) is 0 Å². The lowest BCUT2D eigenvalue weighted by Gasteiger charge is -2.50. The zero-order valence-corrected chi connectivity index (χ0v) is 31.9. The highest BCUT2D eigenvalue weighted by atomic mass is 15.3. The molecular formula is C54H42N2. The molecule has 0 aromatic heterocycles. The molecule has 3 aliphatic rings. The van der Waals surface area contributed by atoms with Crippen molar-refractivity contribution in [1.29, 1.82) is 0 Å².